The molecule has 2 aromatic rings. The predicted molar refractivity (Wildman–Crippen MR) is 92.6 cm³/mol. The second-order valence-electron chi connectivity index (χ2n) is 5.95. The Balaban J connectivity index is 1.61. The van der Waals surface area contributed by atoms with Gasteiger partial charge in [-0.05, 0) is 29.8 Å². The highest BCUT2D eigenvalue weighted by Crippen LogP contribution is 2.39. The summed E-state index contributed by atoms with van der Waals surface area (Å²) in [5, 5.41) is 2.55. The zero-order valence-electron chi connectivity index (χ0n) is 14.3. The van der Waals surface area contributed by atoms with Gasteiger partial charge in [0.25, 0.3) is 5.91 Å². The predicted octanol–water partition coefficient (Wildman–Crippen LogP) is 2.66. The summed E-state index contributed by atoms with van der Waals surface area (Å²) in [5.41, 5.74) is 1.31. The van der Waals surface area contributed by atoms with Gasteiger partial charge in [-0.25, -0.2) is 9.18 Å². The molecule has 0 unspecified atom stereocenters. The highest BCUT2D eigenvalue weighted by molar-refractivity contribution is 6.14. The molecule has 0 spiro atoms. The van der Waals surface area contributed by atoms with E-state index in [9.17, 15) is 14.0 Å². The Morgan fingerprint density at radius 2 is 1.89 bits per heavy atom. The van der Waals surface area contributed by atoms with Crippen LogP contribution in [0.3, 0.4) is 0 Å². The third-order valence-corrected chi connectivity index (χ3v) is 4.24. The molecule has 8 heteroatoms. The molecule has 4 rings (SSSR count). The molecule has 0 atom stereocenters. The van der Waals surface area contributed by atoms with Crippen LogP contribution in [0.2, 0.25) is 0 Å². The number of nitrogens with zero attached hydrogens (tertiary/aromatic N) is 1. The molecule has 1 N–H and O–H groups in total. The number of hydrogen-bond acceptors (Lipinski definition) is 5. The van der Waals surface area contributed by atoms with Crippen LogP contribution in [0.5, 0.6) is 17.2 Å². The summed E-state index contributed by atoms with van der Waals surface area (Å²) in [7, 11) is 1.50. The van der Waals surface area contributed by atoms with Gasteiger partial charge in [0.15, 0.2) is 11.5 Å². The highest BCUT2D eigenvalue weighted by Gasteiger charge is 2.34. The average molecular weight is 370 g/mol. The smallest absolute Gasteiger partial charge is 0.329 e. The van der Waals surface area contributed by atoms with E-state index in [2.05, 4.69) is 5.32 Å². The number of carbonyl (C=O) groups is 2. The Labute approximate surface area is 153 Å². The van der Waals surface area contributed by atoms with Crippen LogP contribution in [0.15, 0.2) is 42.1 Å². The average Bonchev–Trinajstić information content (AvgIpc) is 3.22. The molecule has 27 heavy (non-hydrogen) atoms. The standard InChI is InChI=1S/C19H15FN2O5/c1-25-15-8-17-16(26-10-27-17)7-12(15)6-14-18(23)22(19(24)21-14)9-11-2-4-13(20)5-3-11/h2-8H,9-10H2,1H3,(H,21,24)/b14-6-. The fourth-order valence-electron chi connectivity index (χ4n) is 2.87. The van der Waals surface area contributed by atoms with Crippen molar-refractivity contribution in [2.24, 2.45) is 0 Å². The number of nitrogens with one attached hydrogen (secondary N) is 1. The van der Waals surface area contributed by atoms with E-state index in [1.165, 1.54) is 37.5 Å². The van der Waals surface area contributed by atoms with Gasteiger partial charge in [-0.3, -0.25) is 9.69 Å². The minimum atomic E-state index is -0.546. The maximum absolute atomic E-state index is 13.0. The van der Waals surface area contributed by atoms with Gasteiger partial charge in [0, 0.05) is 11.6 Å². The van der Waals surface area contributed by atoms with Crippen molar-refractivity contribution in [3.05, 3.63) is 59.0 Å². The number of carbonyl (C=O) groups excluding carboxylic acids is 2. The van der Waals surface area contributed by atoms with Crippen LogP contribution in [0.1, 0.15) is 11.1 Å². The third kappa shape index (κ3) is 3.17. The van der Waals surface area contributed by atoms with Gasteiger partial charge < -0.3 is 19.5 Å². The molecule has 2 aliphatic rings. The lowest BCUT2D eigenvalue weighted by atomic mass is 10.1. The monoisotopic (exact) mass is 370 g/mol. The summed E-state index contributed by atoms with van der Waals surface area (Å²) in [6.45, 7) is 0.153. The van der Waals surface area contributed by atoms with Crippen LogP contribution in [0.25, 0.3) is 6.08 Å². The molecule has 0 aliphatic carbocycles. The van der Waals surface area contributed by atoms with E-state index >= 15 is 0 Å². The first-order valence-corrected chi connectivity index (χ1v) is 8.12. The molecule has 0 bridgehead atoms. The van der Waals surface area contributed by atoms with Crippen molar-refractivity contribution in [2.75, 3.05) is 13.9 Å². The molecule has 1 saturated heterocycles. The van der Waals surface area contributed by atoms with E-state index in [0.717, 1.165) is 4.90 Å². The van der Waals surface area contributed by atoms with Gasteiger partial charge >= 0.3 is 6.03 Å². The zero-order valence-corrected chi connectivity index (χ0v) is 14.3. The summed E-state index contributed by atoms with van der Waals surface area (Å²) in [6, 6.07) is 8.40. The second kappa shape index (κ2) is 6.64. The minimum absolute atomic E-state index is 0.0422. The van der Waals surface area contributed by atoms with Gasteiger partial charge in [-0.15, -0.1) is 0 Å². The fraction of sp³-hybridized carbons (Fsp3) is 0.158. The molecule has 1 fully saturated rings. The number of amides is 3. The Bertz CT molecular complexity index is 955. The van der Waals surface area contributed by atoms with Gasteiger partial charge in [0.2, 0.25) is 6.79 Å². The molecule has 0 saturated carbocycles. The highest BCUT2D eigenvalue weighted by atomic mass is 19.1. The van der Waals surface area contributed by atoms with Crippen molar-refractivity contribution in [3.8, 4) is 17.2 Å². The number of fused-ring (bicyclic) bond motifs is 1. The molecule has 7 nitrogen and oxygen atoms in total. The Kier molecular flexibility index (Phi) is 4.15. The first-order chi connectivity index (χ1) is 13.0. The number of methoxy groups -OCH3 is 1. The van der Waals surface area contributed by atoms with Crippen molar-refractivity contribution < 1.29 is 28.2 Å². The van der Waals surface area contributed by atoms with Crippen molar-refractivity contribution >= 4 is 18.0 Å². The number of urea groups is 1. The van der Waals surface area contributed by atoms with Crippen LogP contribution < -0.4 is 19.5 Å². The van der Waals surface area contributed by atoms with Crippen LogP contribution in [-0.4, -0.2) is 30.7 Å². The molecule has 0 aromatic heterocycles. The van der Waals surface area contributed by atoms with Gasteiger partial charge in [0.05, 0.1) is 13.7 Å². The Hall–Kier alpha value is -3.55. The lowest BCUT2D eigenvalue weighted by Crippen LogP contribution is -2.30. The SMILES string of the molecule is COc1cc2c(cc1/C=C1\NC(=O)N(Cc3ccc(F)cc3)C1=O)OCO2. The number of hydrogen-bond donors (Lipinski definition) is 1. The normalized spacial score (nSPS) is 16.8. The molecular formula is C19H15FN2O5. The minimum Gasteiger partial charge on any atom is -0.496 e. The van der Waals surface area contributed by atoms with Gasteiger partial charge in [-0.1, -0.05) is 12.1 Å². The molecule has 0 radical (unpaired) electrons. The molecule has 138 valence electrons. The first-order valence-electron chi connectivity index (χ1n) is 8.12. The third-order valence-electron chi connectivity index (χ3n) is 4.24. The van der Waals surface area contributed by atoms with E-state index in [4.69, 9.17) is 14.2 Å². The van der Waals surface area contributed by atoms with Crippen molar-refractivity contribution in [2.45, 2.75) is 6.54 Å². The number of rotatable bonds is 4. The van der Waals surface area contributed by atoms with Crippen LogP contribution >= 0.6 is 0 Å². The summed E-state index contributed by atoms with van der Waals surface area (Å²) < 4.78 is 29.0. The molecule has 2 aromatic carbocycles. The van der Waals surface area contributed by atoms with E-state index in [1.807, 2.05) is 0 Å². The maximum atomic E-state index is 13.0. The molecule has 3 amide bonds. The van der Waals surface area contributed by atoms with Crippen LogP contribution in [0, 0.1) is 5.82 Å². The summed E-state index contributed by atoms with van der Waals surface area (Å²) in [5.74, 6) is 0.692. The Morgan fingerprint density at radius 1 is 1.19 bits per heavy atom. The lowest BCUT2D eigenvalue weighted by molar-refractivity contribution is -0.123. The molecule has 2 aliphatic heterocycles. The summed E-state index contributed by atoms with van der Waals surface area (Å²) in [6.07, 6.45) is 1.52. The maximum Gasteiger partial charge on any atom is 0.329 e. The Morgan fingerprint density at radius 3 is 2.59 bits per heavy atom. The van der Waals surface area contributed by atoms with Crippen molar-refractivity contribution in [1.29, 1.82) is 0 Å². The number of halogens is 1. The van der Waals surface area contributed by atoms with Gasteiger partial charge in [-0.2, -0.15) is 0 Å². The lowest BCUT2D eigenvalue weighted by Gasteiger charge is -2.11. The van der Waals surface area contributed by atoms with E-state index in [1.54, 1.807) is 12.1 Å². The van der Waals surface area contributed by atoms with Crippen LogP contribution in [0.4, 0.5) is 9.18 Å². The number of ether oxygens (including phenoxy) is 3. The first kappa shape index (κ1) is 16.9. The second-order valence-corrected chi connectivity index (χ2v) is 5.95. The van der Waals surface area contributed by atoms with Crippen LogP contribution in [-0.2, 0) is 11.3 Å². The van der Waals surface area contributed by atoms with Gasteiger partial charge in [0.1, 0.15) is 17.3 Å². The largest absolute Gasteiger partial charge is 0.496 e. The molecular weight excluding hydrogens is 355 g/mol. The van der Waals surface area contributed by atoms with E-state index in [0.29, 0.717) is 28.4 Å². The zero-order chi connectivity index (χ0) is 19.0. The van der Waals surface area contributed by atoms with E-state index < -0.39 is 11.9 Å². The molecule has 2 heterocycles. The topological polar surface area (TPSA) is 77.1 Å². The van der Waals surface area contributed by atoms with Crippen molar-refractivity contribution in [1.82, 2.24) is 10.2 Å². The van der Waals surface area contributed by atoms with Crippen molar-refractivity contribution in [3.63, 3.8) is 0 Å². The number of benzene rings is 2. The summed E-state index contributed by atoms with van der Waals surface area (Å²) >= 11 is 0. The fourth-order valence-corrected chi connectivity index (χ4v) is 2.87. The number of imide groups is 1. The quantitative estimate of drug-likeness (QED) is 0.661. The summed E-state index contributed by atoms with van der Waals surface area (Å²) in [4.78, 5) is 25.9. The van der Waals surface area contributed by atoms with E-state index in [-0.39, 0.29) is 24.9 Å².